The van der Waals surface area contributed by atoms with Crippen molar-refractivity contribution in [3.05, 3.63) is 64.3 Å². The summed E-state index contributed by atoms with van der Waals surface area (Å²) in [5.74, 6) is -0.692. The molecule has 0 atom stereocenters. The molecule has 5 nitrogen and oxygen atoms in total. The molecule has 3 rings (SSSR count). The lowest BCUT2D eigenvalue weighted by atomic mass is 10.2. The molecule has 0 aliphatic heterocycles. The lowest BCUT2D eigenvalue weighted by Crippen LogP contribution is -2.20. The molecule has 0 N–H and O–H groups in total. The van der Waals surface area contributed by atoms with Crippen molar-refractivity contribution in [1.29, 1.82) is 0 Å². The molecule has 130 valence electrons. The summed E-state index contributed by atoms with van der Waals surface area (Å²) < 4.78 is 33.0. The first kappa shape index (κ1) is 17.7. The Hall–Kier alpha value is -2.12. The number of hydrogen-bond acceptors (Lipinski definition) is 4. The normalized spacial score (nSPS) is 11.6. The molecule has 7 heteroatoms. The van der Waals surface area contributed by atoms with Crippen LogP contribution < -0.4 is 0 Å². The maximum Gasteiger partial charge on any atom is 0.357 e. The second kappa shape index (κ2) is 6.65. The largest absolute Gasteiger partial charge is 0.461 e. The van der Waals surface area contributed by atoms with E-state index in [1.165, 1.54) is 12.1 Å². The van der Waals surface area contributed by atoms with Crippen molar-refractivity contribution in [3.8, 4) is 0 Å². The van der Waals surface area contributed by atoms with Gasteiger partial charge in [0.05, 0.1) is 21.5 Å². The number of aryl methyl sites for hydroxylation is 1. The van der Waals surface area contributed by atoms with Crippen LogP contribution in [0.4, 0.5) is 0 Å². The number of benzene rings is 2. The monoisotopic (exact) mass is 421 g/mol. The van der Waals surface area contributed by atoms with Crippen LogP contribution in [0.15, 0.2) is 57.9 Å². The molecule has 3 aromatic rings. The summed E-state index contributed by atoms with van der Waals surface area (Å²) in [5, 5.41) is 0.641. The maximum atomic E-state index is 13.2. The molecule has 0 radical (unpaired) electrons. The van der Waals surface area contributed by atoms with E-state index < -0.39 is 16.0 Å². The van der Waals surface area contributed by atoms with Crippen molar-refractivity contribution in [2.24, 2.45) is 0 Å². The zero-order valence-electron chi connectivity index (χ0n) is 13.7. The predicted octanol–water partition coefficient (Wildman–Crippen LogP) is 4.13. The average Bonchev–Trinajstić information content (AvgIpc) is 2.89. The molecule has 0 amide bonds. The highest BCUT2D eigenvalue weighted by molar-refractivity contribution is 9.10. The Morgan fingerprint density at radius 1 is 1.16 bits per heavy atom. The highest BCUT2D eigenvalue weighted by Crippen LogP contribution is 2.35. The van der Waals surface area contributed by atoms with Crippen LogP contribution in [0.1, 0.15) is 23.0 Å². The molecule has 0 aliphatic carbocycles. The fraction of sp³-hybridized carbons (Fsp3) is 0.167. The van der Waals surface area contributed by atoms with Crippen LogP contribution in [-0.4, -0.2) is 25.0 Å². The van der Waals surface area contributed by atoms with Crippen molar-refractivity contribution in [1.82, 2.24) is 3.97 Å². The van der Waals surface area contributed by atoms with Crippen molar-refractivity contribution in [2.75, 3.05) is 6.61 Å². The molecule has 1 heterocycles. The molecule has 0 fully saturated rings. The third kappa shape index (κ3) is 2.98. The smallest absolute Gasteiger partial charge is 0.357 e. The second-order valence-corrected chi connectivity index (χ2v) is 8.07. The van der Waals surface area contributed by atoms with Gasteiger partial charge in [0.2, 0.25) is 0 Å². The molecule has 0 unspecified atom stereocenters. The Morgan fingerprint density at radius 3 is 2.48 bits per heavy atom. The minimum absolute atomic E-state index is 0.0358. The third-order valence-corrected chi connectivity index (χ3v) is 6.30. The maximum absolute atomic E-state index is 13.2. The Bertz CT molecular complexity index is 1060. The molecule has 2 aromatic carbocycles. The van der Waals surface area contributed by atoms with Gasteiger partial charge in [-0.3, -0.25) is 0 Å². The lowest BCUT2D eigenvalue weighted by molar-refractivity contribution is 0.0517. The molecule has 0 saturated carbocycles. The van der Waals surface area contributed by atoms with Crippen LogP contribution >= 0.6 is 15.9 Å². The summed E-state index contributed by atoms with van der Waals surface area (Å²) in [6, 6.07) is 13.3. The summed E-state index contributed by atoms with van der Waals surface area (Å²) in [4.78, 5) is 12.6. The zero-order valence-corrected chi connectivity index (χ0v) is 16.1. The molecule has 1 aromatic heterocycles. The van der Waals surface area contributed by atoms with Gasteiger partial charge in [-0.15, -0.1) is 0 Å². The lowest BCUT2D eigenvalue weighted by Gasteiger charge is -2.11. The number of halogens is 1. The van der Waals surface area contributed by atoms with E-state index in [0.717, 1.165) is 9.54 Å². The van der Waals surface area contributed by atoms with Crippen molar-refractivity contribution in [2.45, 2.75) is 18.7 Å². The SMILES string of the molecule is CCOC(=O)c1c(Br)c2cc(C)ccc2n1S(=O)(=O)c1ccccc1. The molecular weight excluding hydrogens is 406 g/mol. The molecule has 0 saturated heterocycles. The van der Waals surface area contributed by atoms with Crippen molar-refractivity contribution >= 4 is 42.8 Å². The fourth-order valence-corrected chi connectivity index (χ4v) is 4.97. The number of ether oxygens (including phenoxy) is 1. The number of hydrogen-bond donors (Lipinski definition) is 0. The number of aromatic nitrogens is 1. The number of fused-ring (bicyclic) bond motifs is 1. The first-order valence-electron chi connectivity index (χ1n) is 7.66. The average molecular weight is 422 g/mol. The number of esters is 1. The van der Waals surface area contributed by atoms with E-state index >= 15 is 0 Å². The van der Waals surface area contributed by atoms with Gasteiger partial charge in [0.25, 0.3) is 10.0 Å². The van der Waals surface area contributed by atoms with Gasteiger partial charge in [0, 0.05) is 5.39 Å². The predicted molar refractivity (Wildman–Crippen MR) is 99.4 cm³/mol. The minimum Gasteiger partial charge on any atom is -0.461 e. The summed E-state index contributed by atoms with van der Waals surface area (Å²) in [7, 11) is -3.97. The van der Waals surface area contributed by atoms with Crippen molar-refractivity contribution in [3.63, 3.8) is 0 Å². The van der Waals surface area contributed by atoms with Gasteiger partial charge >= 0.3 is 5.97 Å². The Morgan fingerprint density at radius 2 is 1.84 bits per heavy atom. The topological polar surface area (TPSA) is 65.4 Å². The quantitative estimate of drug-likeness (QED) is 0.594. The van der Waals surface area contributed by atoms with Gasteiger partial charge in [-0.2, -0.15) is 0 Å². The van der Waals surface area contributed by atoms with Gasteiger partial charge in [-0.05, 0) is 54.0 Å². The highest BCUT2D eigenvalue weighted by atomic mass is 79.9. The first-order chi connectivity index (χ1) is 11.9. The summed E-state index contributed by atoms with van der Waals surface area (Å²) in [5.41, 5.74) is 1.34. The fourth-order valence-electron chi connectivity index (χ4n) is 2.66. The Kier molecular flexibility index (Phi) is 4.71. The number of nitrogens with zero attached hydrogens (tertiary/aromatic N) is 1. The second-order valence-electron chi connectivity index (χ2n) is 5.49. The van der Waals surface area contributed by atoms with Crippen LogP contribution in [0.2, 0.25) is 0 Å². The minimum atomic E-state index is -3.97. The number of carbonyl (C=O) groups is 1. The third-order valence-electron chi connectivity index (χ3n) is 3.77. The van der Waals surface area contributed by atoms with E-state index in [1.807, 2.05) is 13.0 Å². The van der Waals surface area contributed by atoms with E-state index in [0.29, 0.717) is 15.4 Å². The Balaban J connectivity index is 2.40. The molecule has 0 spiro atoms. The van der Waals surface area contributed by atoms with Gasteiger partial charge < -0.3 is 4.74 Å². The molecule has 0 aliphatic rings. The first-order valence-corrected chi connectivity index (χ1v) is 9.89. The van der Waals surface area contributed by atoms with Gasteiger partial charge in [-0.25, -0.2) is 17.2 Å². The zero-order chi connectivity index (χ0) is 18.2. The van der Waals surface area contributed by atoms with Crippen LogP contribution in [0, 0.1) is 6.92 Å². The summed E-state index contributed by atoms with van der Waals surface area (Å²) in [6.07, 6.45) is 0. The van der Waals surface area contributed by atoms with Crippen LogP contribution in [-0.2, 0) is 14.8 Å². The van der Waals surface area contributed by atoms with Crippen LogP contribution in [0.3, 0.4) is 0 Å². The number of carbonyl (C=O) groups excluding carboxylic acids is 1. The van der Waals surface area contributed by atoms with Crippen LogP contribution in [0.5, 0.6) is 0 Å². The van der Waals surface area contributed by atoms with E-state index in [4.69, 9.17) is 4.74 Å². The standard InChI is InChI=1S/C18H16BrNO4S/c1-3-24-18(21)17-16(19)14-11-12(2)9-10-15(14)20(17)25(22,23)13-7-5-4-6-8-13/h4-11H,3H2,1-2H3. The number of rotatable bonds is 4. The van der Waals surface area contributed by atoms with Gasteiger partial charge in [0.1, 0.15) is 0 Å². The summed E-state index contributed by atoms with van der Waals surface area (Å²) >= 11 is 3.39. The highest BCUT2D eigenvalue weighted by Gasteiger charge is 2.30. The molecule has 25 heavy (non-hydrogen) atoms. The summed E-state index contributed by atoms with van der Waals surface area (Å²) in [6.45, 7) is 3.73. The van der Waals surface area contributed by atoms with Crippen LogP contribution in [0.25, 0.3) is 10.9 Å². The van der Waals surface area contributed by atoms with E-state index in [1.54, 1.807) is 37.3 Å². The molecule has 0 bridgehead atoms. The van der Waals surface area contributed by atoms with E-state index in [2.05, 4.69) is 15.9 Å². The molecular formula is C18H16BrNO4S. The van der Waals surface area contributed by atoms with Gasteiger partial charge in [0.15, 0.2) is 5.69 Å². The van der Waals surface area contributed by atoms with E-state index in [-0.39, 0.29) is 17.2 Å². The van der Waals surface area contributed by atoms with E-state index in [9.17, 15) is 13.2 Å². The van der Waals surface area contributed by atoms with Crippen molar-refractivity contribution < 1.29 is 17.9 Å². The van der Waals surface area contributed by atoms with Gasteiger partial charge in [-0.1, -0.05) is 29.8 Å². The Labute approximate surface area is 154 Å².